The zero-order valence-corrected chi connectivity index (χ0v) is 11.3. The number of thiophene rings is 1. The monoisotopic (exact) mass is 263 g/mol. The summed E-state index contributed by atoms with van der Waals surface area (Å²) in [4.78, 5) is 7.93. The lowest BCUT2D eigenvalue weighted by Crippen LogP contribution is -2.33. The van der Waals surface area contributed by atoms with Crippen LogP contribution in [0.25, 0.3) is 10.7 Å². The van der Waals surface area contributed by atoms with Gasteiger partial charge in [0.1, 0.15) is 0 Å². The molecule has 1 fully saturated rings. The van der Waals surface area contributed by atoms with Crippen molar-refractivity contribution in [2.75, 3.05) is 13.1 Å². The number of hydrogen-bond acceptors (Lipinski definition) is 5. The molecule has 0 saturated carbocycles. The third-order valence-electron chi connectivity index (χ3n) is 3.31. The van der Waals surface area contributed by atoms with E-state index in [1.807, 2.05) is 17.5 Å². The molecule has 1 atom stereocenters. The van der Waals surface area contributed by atoms with Crippen LogP contribution in [0.2, 0.25) is 0 Å². The first-order valence-corrected chi connectivity index (χ1v) is 7.28. The number of piperidine rings is 1. The molecule has 4 nitrogen and oxygen atoms in total. The van der Waals surface area contributed by atoms with Crippen molar-refractivity contribution in [1.82, 2.24) is 15.0 Å². The van der Waals surface area contributed by atoms with Gasteiger partial charge in [-0.3, -0.25) is 4.90 Å². The van der Waals surface area contributed by atoms with Crippen LogP contribution in [0.3, 0.4) is 0 Å². The summed E-state index contributed by atoms with van der Waals surface area (Å²) >= 11 is 1.64. The van der Waals surface area contributed by atoms with E-state index in [1.165, 1.54) is 12.8 Å². The summed E-state index contributed by atoms with van der Waals surface area (Å²) in [5.74, 6) is 2.22. The molecule has 1 aliphatic rings. The molecule has 2 aromatic rings. The molecule has 0 spiro atoms. The summed E-state index contributed by atoms with van der Waals surface area (Å²) in [5, 5.41) is 6.07. The van der Waals surface area contributed by atoms with Crippen molar-refractivity contribution in [3.63, 3.8) is 0 Å². The fourth-order valence-corrected chi connectivity index (χ4v) is 3.10. The Labute approximate surface area is 111 Å². The Bertz CT molecular complexity index is 494. The predicted molar refractivity (Wildman–Crippen MR) is 71.3 cm³/mol. The van der Waals surface area contributed by atoms with Crippen LogP contribution >= 0.6 is 11.3 Å². The van der Waals surface area contributed by atoms with E-state index in [-0.39, 0.29) is 0 Å². The normalized spacial score (nSPS) is 21.3. The first-order valence-electron chi connectivity index (χ1n) is 6.40. The molecule has 0 aliphatic carbocycles. The highest BCUT2D eigenvalue weighted by Gasteiger charge is 2.19. The molecule has 1 saturated heterocycles. The smallest absolute Gasteiger partial charge is 0.241 e. The highest BCUT2D eigenvalue weighted by molar-refractivity contribution is 7.13. The third kappa shape index (κ3) is 2.62. The molecule has 0 aromatic carbocycles. The van der Waals surface area contributed by atoms with Crippen LogP contribution in [0.15, 0.2) is 22.0 Å². The lowest BCUT2D eigenvalue weighted by atomic mass is 10.0. The third-order valence-corrected chi connectivity index (χ3v) is 4.18. The van der Waals surface area contributed by atoms with Crippen LogP contribution in [-0.4, -0.2) is 28.1 Å². The number of likely N-dealkylation sites (tertiary alicyclic amines) is 1. The van der Waals surface area contributed by atoms with Crippen molar-refractivity contribution in [1.29, 1.82) is 0 Å². The van der Waals surface area contributed by atoms with Gasteiger partial charge in [0.2, 0.25) is 11.7 Å². The SMILES string of the molecule is C[C@H]1CCCN(Cc2nc(-c3cccs3)no2)C1. The summed E-state index contributed by atoms with van der Waals surface area (Å²) in [6.07, 6.45) is 2.61. The maximum Gasteiger partial charge on any atom is 0.241 e. The van der Waals surface area contributed by atoms with Crippen LogP contribution in [0, 0.1) is 5.92 Å². The van der Waals surface area contributed by atoms with Gasteiger partial charge >= 0.3 is 0 Å². The minimum atomic E-state index is 0.713. The van der Waals surface area contributed by atoms with E-state index in [0.717, 1.165) is 36.3 Å². The van der Waals surface area contributed by atoms with Crippen LogP contribution < -0.4 is 0 Å². The van der Waals surface area contributed by atoms with Gasteiger partial charge in [0.25, 0.3) is 0 Å². The van der Waals surface area contributed by atoms with Crippen LogP contribution in [0.5, 0.6) is 0 Å². The first-order chi connectivity index (χ1) is 8.81. The standard InChI is InChI=1S/C13H17N3OS/c1-10-4-2-6-16(8-10)9-12-14-13(15-17-12)11-5-3-7-18-11/h3,5,7,10H,2,4,6,8-9H2,1H3/t10-/m0/s1. The minimum absolute atomic E-state index is 0.713. The van der Waals surface area contributed by atoms with Gasteiger partial charge < -0.3 is 4.52 Å². The Morgan fingerprint density at radius 3 is 3.28 bits per heavy atom. The molecule has 3 rings (SSSR count). The van der Waals surface area contributed by atoms with E-state index >= 15 is 0 Å². The second-order valence-electron chi connectivity index (χ2n) is 4.97. The maximum absolute atomic E-state index is 5.33. The molecular weight excluding hydrogens is 246 g/mol. The Kier molecular flexibility index (Phi) is 3.43. The number of nitrogens with zero attached hydrogens (tertiary/aromatic N) is 3. The highest BCUT2D eigenvalue weighted by atomic mass is 32.1. The van der Waals surface area contributed by atoms with E-state index in [2.05, 4.69) is 22.0 Å². The maximum atomic E-state index is 5.33. The molecule has 5 heteroatoms. The second-order valence-corrected chi connectivity index (χ2v) is 5.92. The summed E-state index contributed by atoms with van der Waals surface area (Å²) in [7, 11) is 0. The fourth-order valence-electron chi connectivity index (χ4n) is 2.45. The van der Waals surface area contributed by atoms with E-state index in [4.69, 9.17) is 4.52 Å². The van der Waals surface area contributed by atoms with Crippen LogP contribution in [-0.2, 0) is 6.54 Å². The Morgan fingerprint density at radius 2 is 2.50 bits per heavy atom. The van der Waals surface area contributed by atoms with Crippen molar-refractivity contribution < 1.29 is 4.52 Å². The molecule has 0 radical (unpaired) electrons. The predicted octanol–water partition coefficient (Wildman–Crippen LogP) is 3.03. The Balaban J connectivity index is 1.66. The second kappa shape index (κ2) is 5.20. The van der Waals surface area contributed by atoms with Gasteiger partial charge in [0.15, 0.2) is 0 Å². The summed E-state index contributed by atoms with van der Waals surface area (Å²) < 4.78 is 5.33. The topological polar surface area (TPSA) is 42.2 Å². The molecule has 0 N–H and O–H groups in total. The van der Waals surface area contributed by atoms with Gasteiger partial charge in [-0.15, -0.1) is 11.3 Å². The quantitative estimate of drug-likeness (QED) is 0.853. The molecule has 96 valence electrons. The highest BCUT2D eigenvalue weighted by Crippen LogP contribution is 2.22. The molecule has 2 aromatic heterocycles. The lowest BCUT2D eigenvalue weighted by molar-refractivity contribution is 0.157. The molecule has 1 aliphatic heterocycles. The molecular formula is C13H17N3OS. The Hall–Kier alpha value is -1.20. The lowest BCUT2D eigenvalue weighted by Gasteiger charge is -2.29. The zero-order chi connectivity index (χ0) is 12.4. The average molecular weight is 263 g/mol. The van der Waals surface area contributed by atoms with Crippen LogP contribution in [0.1, 0.15) is 25.7 Å². The summed E-state index contributed by atoms with van der Waals surface area (Å²) in [6.45, 7) is 5.36. The number of hydrogen-bond donors (Lipinski definition) is 0. The van der Waals surface area contributed by atoms with E-state index in [9.17, 15) is 0 Å². The largest absolute Gasteiger partial charge is 0.338 e. The van der Waals surface area contributed by atoms with Crippen LogP contribution in [0.4, 0.5) is 0 Å². The van der Waals surface area contributed by atoms with E-state index < -0.39 is 0 Å². The fraction of sp³-hybridized carbons (Fsp3) is 0.538. The van der Waals surface area contributed by atoms with Crippen molar-refractivity contribution in [3.05, 3.63) is 23.4 Å². The number of aromatic nitrogens is 2. The molecule has 0 amide bonds. The van der Waals surface area contributed by atoms with Crippen molar-refractivity contribution >= 4 is 11.3 Å². The van der Waals surface area contributed by atoms with Gasteiger partial charge in [-0.05, 0) is 36.8 Å². The van der Waals surface area contributed by atoms with Gasteiger partial charge in [0.05, 0.1) is 11.4 Å². The van der Waals surface area contributed by atoms with Gasteiger partial charge in [-0.2, -0.15) is 4.98 Å². The van der Waals surface area contributed by atoms with Crippen molar-refractivity contribution in [2.45, 2.75) is 26.3 Å². The Morgan fingerprint density at radius 1 is 1.56 bits per heavy atom. The van der Waals surface area contributed by atoms with Crippen molar-refractivity contribution in [3.8, 4) is 10.7 Å². The minimum Gasteiger partial charge on any atom is -0.338 e. The summed E-state index contributed by atoms with van der Waals surface area (Å²) in [5.41, 5.74) is 0. The van der Waals surface area contributed by atoms with Gasteiger partial charge in [-0.1, -0.05) is 18.1 Å². The van der Waals surface area contributed by atoms with Crippen molar-refractivity contribution in [2.24, 2.45) is 5.92 Å². The van der Waals surface area contributed by atoms with Gasteiger partial charge in [-0.25, -0.2) is 0 Å². The molecule has 18 heavy (non-hydrogen) atoms. The first kappa shape index (κ1) is 11.9. The molecule has 0 bridgehead atoms. The van der Waals surface area contributed by atoms with E-state index in [1.54, 1.807) is 11.3 Å². The zero-order valence-electron chi connectivity index (χ0n) is 10.5. The van der Waals surface area contributed by atoms with E-state index in [0.29, 0.717) is 5.82 Å². The average Bonchev–Trinajstić information content (AvgIpc) is 2.98. The summed E-state index contributed by atoms with van der Waals surface area (Å²) in [6, 6.07) is 4.02. The molecule has 3 heterocycles. The van der Waals surface area contributed by atoms with Gasteiger partial charge in [0, 0.05) is 6.54 Å². The molecule has 0 unspecified atom stereocenters. The number of rotatable bonds is 3.